The SMILES string of the molecule is O=C(Nc1sc2c(c1-c1nc3ccccc3s1)CCCC2)c1ccc(F)cc1Cl. The second kappa shape index (κ2) is 7.52. The number of aromatic nitrogens is 1. The van der Waals surface area contributed by atoms with Crippen molar-refractivity contribution in [2.75, 3.05) is 5.32 Å². The average Bonchev–Trinajstić information content (AvgIpc) is 3.28. The summed E-state index contributed by atoms with van der Waals surface area (Å²) < 4.78 is 14.5. The number of thiazole rings is 1. The zero-order valence-electron chi connectivity index (χ0n) is 15.3. The Morgan fingerprint density at radius 2 is 1.93 bits per heavy atom. The van der Waals surface area contributed by atoms with Crippen molar-refractivity contribution < 1.29 is 9.18 Å². The van der Waals surface area contributed by atoms with Crippen molar-refractivity contribution >= 4 is 55.4 Å². The van der Waals surface area contributed by atoms with Gasteiger partial charge in [0.2, 0.25) is 0 Å². The molecule has 1 aliphatic rings. The molecule has 5 rings (SSSR count). The van der Waals surface area contributed by atoms with Gasteiger partial charge < -0.3 is 5.32 Å². The molecular weight excluding hydrogens is 427 g/mol. The molecule has 0 spiro atoms. The van der Waals surface area contributed by atoms with E-state index in [1.807, 2.05) is 18.2 Å². The second-order valence-corrected chi connectivity index (χ2v) is 9.52. The van der Waals surface area contributed by atoms with Gasteiger partial charge in [-0.05, 0) is 61.6 Å². The summed E-state index contributed by atoms with van der Waals surface area (Å²) in [6, 6.07) is 11.9. The summed E-state index contributed by atoms with van der Waals surface area (Å²) in [5, 5.41) is 4.84. The molecule has 2 heterocycles. The minimum atomic E-state index is -0.465. The Hall–Kier alpha value is -2.28. The summed E-state index contributed by atoms with van der Waals surface area (Å²) in [5.74, 6) is -0.802. The van der Waals surface area contributed by atoms with Crippen molar-refractivity contribution in [2.24, 2.45) is 0 Å². The highest BCUT2D eigenvalue weighted by molar-refractivity contribution is 7.23. The fourth-order valence-electron chi connectivity index (χ4n) is 3.70. The highest BCUT2D eigenvalue weighted by atomic mass is 35.5. The van der Waals surface area contributed by atoms with Gasteiger partial charge in [0.15, 0.2) is 0 Å². The lowest BCUT2D eigenvalue weighted by Crippen LogP contribution is -2.12. The first kappa shape index (κ1) is 18.7. The predicted octanol–water partition coefficient (Wildman–Crippen LogP) is 6.95. The molecule has 0 atom stereocenters. The number of amides is 1. The molecule has 0 saturated heterocycles. The Morgan fingerprint density at radius 1 is 1.10 bits per heavy atom. The van der Waals surface area contributed by atoms with Crippen LogP contribution in [0.3, 0.4) is 0 Å². The number of anilines is 1. The third-order valence-electron chi connectivity index (χ3n) is 5.08. The molecule has 0 saturated carbocycles. The van der Waals surface area contributed by atoms with Crippen molar-refractivity contribution in [1.29, 1.82) is 0 Å². The molecule has 1 N–H and O–H groups in total. The topological polar surface area (TPSA) is 42.0 Å². The van der Waals surface area contributed by atoms with Crippen LogP contribution in [0.5, 0.6) is 0 Å². The fourth-order valence-corrected chi connectivity index (χ4v) is 6.35. The Labute approximate surface area is 180 Å². The molecule has 146 valence electrons. The van der Waals surface area contributed by atoms with Crippen LogP contribution in [0, 0.1) is 5.82 Å². The van der Waals surface area contributed by atoms with Crippen molar-refractivity contribution in [2.45, 2.75) is 25.7 Å². The van der Waals surface area contributed by atoms with Gasteiger partial charge in [0.05, 0.1) is 20.8 Å². The van der Waals surface area contributed by atoms with Crippen LogP contribution in [-0.4, -0.2) is 10.9 Å². The van der Waals surface area contributed by atoms with E-state index in [1.54, 1.807) is 22.7 Å². The maximum atomic E-state index is 13.4. The van der Waals surface area contributed by atoms with Gasteiger partial charge in [-0.15, -0.1) is 22.7 Å². The van der Waals surface area contributed by atoms with Crippen molar-refractivity contribution in [3.05, 3.63) is 69.3 Å². The van der Waals surface area contributed by atoms with E-state index in [9.17, 15) is 9.18 Å². The van der Waals surface area contributed by atoms with Gasteiger partial charge in [-0.25, -0.2) is 9.37 Å². The number of benzene rings is 2. The van der Waals surface area contributed by atoms with Crippen molar-refractivity contribution in [3.63, 3.8) is 0 Å². The predicted molar refractivity (Wildman–Crippen MR) is 119 cm³/mol. The first-order valence-electron chi connectivity index (χ1n) is 9.37. The molecule has 1 aliphatic carbocycles. The molecule has 0 radical (unpaired) electrons. The molecule has 0 aliphatic heterocycles. The third-order valence-corrected chi connectivity index (χ3v) is 7.66. The number of carbonyl (C=O) groups excluding carboxylic acids is 1. The highest BCUT2D eigenvalue weighted by Gasteiger charge is 2.25. The number of nitrogens with zero attached hydrogens (tertiary/aromatic N) is 1. The molecule has 3 nitrogen and oxygen atoms in total. The minimum Gasteiger partial charge on any atom is -0.313 e. The summed E-state index contributed by atoms with van der Waals surface area (Å²) >= 11 is 9.35. The number of aryl methyl sites for hydroxylation is 1. The largest absolute Gasteiger partial charge is 0.313 e. The van der Waals surface area contributed by atoms with Crippen LogP contribution in [0.4, 0.5) is 9.39 Å². The number of hydrogen-bond donors (Lipinski definition) is 1. The van der Waals surface area contributed by atoms with E-state index in [1.165, 1.54) is 22.6 Å². The van der Waals surface area contributed by atoms with E-state index < -0.39 is 5.82 Å². The van der Waals surface area contributed by atoms with Crippen LogP contribution in [0.1, 0.15) is 33.6 Å². The molecule has 4 aromatic rings. The number of thiophene rings is 1. The molecule has 7 heteroatoms. The molecule has 1 amide bonds. The zero-order chi connectivity index (χ0) is 20.0. The van der Waals surface area contributed by atoms with Gasteiger partial charge in [-0.1, -0.05) is 23.7 Å². The van der Waals surface area contributed by atoms with Gasteiger partial charge in [0.25, 0.3) is 5.91 Å². The normalized spacial score (nSPS) is 13.4. The van der Waals surface area contributed by atoms with Crippen LogP contribution < -0.4 is 5.32 Å². The second-order valence-electron chi connectivity index (χ2n) is 6.98. The Kier molecular flexibility index (Phi) is 4.86. The highest BCUT2D eigenvalue weighted by Crippen LogP contribution is 2.46. The smallest absolute Gasteiger partial charge is 0.257 e. The number of para-hydroxylation sites is 1. The monoisotopic (exact) mass is 442 g/mol. The van der Waals surface area contributed by atoms with Gasteiger partial charge in [-0.2, -0.15) is 0 Å². The van der Waals surface area contributed by atoms with Gasteiger partial charge >= 0.3 is 0 Å². The molecule has 0 bridgehead atoms. The number of hydrogen-bond acceptors (Lipinski definition) is 4. The molecule has 0 fully saturated rings. The molecule has 2 aromatic carbocycles. The number of nitrogens with one attached hydrogen (secondary N) is 1. The maximum Gasteiger partial charge on any atom is 0.257 e. The van der Waals surface area contributed by atoms with Gasteiger partial charge in [-0.3, -0.25) is 4.79 Å². The van der Waals surface area contributed by atoms with E-state index >= 15 is 0 Å². The third kappa shape index (κ3) is 3.45. The van der Waals surface area contributed by atoms with Crippen LogP contribution in [0.2, 0.25) is 5.02 Å². The number of rotatable bonds is 3. The van der Waals surface area contributed by atoms with Crippen molar-refractivity contribution in [1.82, 2.24) is 4.98 Å². The van der Waals surface area contributed by atoms with Crippen molar-refractivity contribution in [3.8, 4) is 10.6 Å². The number of fused-ring (bicyclic) bond motifs is 2. The van der Waals surface area contributed by atoms with E-state index in [0.717, 1.165) is 57.5 Å². The molecular formula is C22H16ClFN2OS2. The Bertz CT molecular complexity index is 1210. The summed E-state index contributed by atoms with van der Waals surface area (Å²) in [6.45, 7) is 0. The van der Waals surface area contributed by atoms with Crippen LogP contribution >= 0.6 is 34.3 Å². The zero-order valence-corrected chi connectivity index (χ0v) is 17.7. The first-order chi connectivity index (χ1) is 14.1. The summed E-state index contributed by atoms with van der Waals surface area (Å²) in [4.78, 5) is 19.0. The number of halogens is 2. The number of carbonyl (C=O) groups is 1. The van der Waals surface area contributed by atoms with Crippen LogP contribution in [0.15, 0.2) is 42.5 Å². The van der Waals surface area contributed by atoms with E-state index in [4.69, 9.17) is 16.6 Å². The lowest BCUT2D eigenvalue weighted by molar-refractivity contribution is 0.102. The van der Waals surface area contributed by atoms with Gasteiger partial charge in [0.1, 0.15) is 15.8 Å². The quantitative estimate of drug-likeness (QED) is 0.373. The minimum absolute atomic E-state index is 0.102. The average molecular weight is 443 g/mol. The summed E-state index contributed by atoms with van der Waals surface area (Å²) in [5.41, 5.74) is 3.54. The van der Waals surface area contributed by atoms with E-state index in [2.05, 4.69) is 11.4 Å². The van der Waals surface area contributed by atoms with E-state index in [-0.39, 0.29) is 16.5 Å². The standard InChI is InChI=1S/C22H16ClFN2OS2/c23-15-11-12(24)9-10-13(15)20(27)26-22-19(14-5-1-3-7-17(14)28-22)21-25-16-6-2-4-8-18(16)29-21/h2,4,6,8-11H,1,3,5,7H2,(H,26,27). The Balaban J connectivity index is 1.59. The lowest BCUT2D eigenvalue weighted by atomic mass is 9.95. The molecule has 29 heavy (non-hydrogen) atoms. The fraction of sp³-hybridized carbons (Fsp3) is 0.182. The lowest BCUT2D eigenvalue weighted by Gasteiger charge is -2.12. The summed E-state index contributed by atoms with van der Waals surface area (Å²) in [7, 11) is 0. The molecule has 0 unspecified atom stereocenters. The van der Waals surface area contributed by atoms with Gasteiger partial charge in [0, 0.05) is 10.4 Å². The van der Waals surface area contributed by atoms with E-state index in [0.29, 0.717) is 0 Å². The molecule has 2 aromatic heterocycles. The first-order valence-corrected chi connectivity index (χ1v) is 11.4. The summed E-state index contributed by atoms with van der Waals surface area (Å²) in [6.07, 6.45) is 4.30. The van der Waals surface area contributed by atoms with Crippen LogP contribution in [0.25, 0.3) is 20.8 Å². The van der Waals surface area contributed by atoms with Crippen LogP contribution in [-0.2, 0) is 12.8 Å². The maximum absolute atomic E-state index is 13.4. The Morgan fingerprint density at radius 3 is 2.76 bits per heavy atom.